The van der Waals surface area contributed by atoms with Gasteiger partial charge >= 0.3 is 0 Å². The summed E-state index contributed by atoms with van der Waals surface area (Å²) >= 11 is 0. The molecule has 0 saturated carbocycles. The summed E-state index contributed by atoms with van der Waals surface area (Å²) in [7, 11) is 0. The first-order valence-electron chi connectivity index (χ1n) is 10.3. The van der Waals surface area contributed by atoms with Gasteiger partial charge in [0.1, 0.15) is 0 Å². The molecule has 0 N–H and O–H groups in total. The van der Waals surface area contributed by atoms with Gasteiger partial charge in [0.2, 0.25) is 0 Å². The minimum Gasteiger partial charge on any atom is -0.266 e. The number of para-hydroxylation sites is 3. The van der Waals surface area contributed by atoms with E-state index in [2.05, 4.69) is 33.5 Å². The Morgan fingerprint density at radius 3 is 0.971 bits per heavy atom. The molecular weight excluding hydrogens is 601 g/mol. The van der Waals surface area contributed by atoms with E-state index in [0.717, 1.165) is 17.1 Å². The van der Waals surface area contributed by atoms with Crippen LogP contribution in [0, 0.1) is 18.2 Å². The van der Waals surface area contributed by atoms with E-state index in [9.17, 15) is 0 Å². The average molecular weight is 622 g/mol. The number of hydrogen-bond acceptors (Lipinski definition) is 3. The van der Waals surface area contributed by atoms with Gasteiger partial charge in [0.05, 0.1) is 0 Å². The molecule has 0 spiro atoms. The van der Waals surface area contributed by atoms with Crippen molar-refractivity contribution < 1.29 is 20.1 Å². The zero-order chi connectivity index (χ0) is 22.6. The van der Waals surface area contributed by atoms with Gasteiger partial charge in [-0.25, -0.2) is 0 Å². The first-order chi connectivity index (χ1) is 16.4. The zero-order valence-electron chi connectivity index (χ0n) is 18.1. The van der Waals surface area contributed by atoms with Crippen molar-refractivity contribution in [2.24, 2.45) is 0 Å². The third-order valence-corrected chi connectivity index (χ3v) is 4.33. The van der Waals surface area contributed by atoms with Crippen molar-refractivity contribution in [1.29, 1.82) is 0 Å². The quantitative estimate of drug-likeness (QED) is 0.261. The molecule has 0 bridgehead atoms. The predicted octanol–water partition coefficient (Wildman–Crippen LogP) is 5.01. The van der Waals surface area contributed by atoms with Gasteiger partial charge in [-0.05, 0) is 35.3 Å². The molecule has 0 aliphatic heterocycles. The molecule has 0 amide bonds. The standard InChI is InChI=1S/3C9H7N2.Ir/c3*1-2-5-9(6-3-1)11-8-4-7-10-11;/h3*1-5,7-8H;/q3*-1;. The van der Waals surface area contributed by atoms with Crippen LogP contribution >= 0.6 is 0 Å². The molecule has 6 rings (SSSR count). The molecule has 0 aliphatic rings. The van der Waals surface area contributed by atoms with E-state index in [-0.39, 0.29) is 20.1 Å². The van der Waals surface area contributed by atoms with E-state index in [1.807, 2.05) is 110 Å². The van der Waals surface area contributed by atoms with Gasteiger partial charge < -0.3 is 0 Å². The van der Waals surface area contributed by atoms with Crippen LogP contribution in [0.2, 0.25) is 0 Å². The number of benzene rings is 3. The Labute approximate surface area is 212 Å². The zero-order valence-corrected chi connectivity index (χ0v) is 20.5. The Kier molecular flexibility index (Phi) is 9.74. The molecule has 0 saturated heterocycles. The minimum absolute atomic E-state index is 0. The third kappa shape index (κ3) is 7.23. The van der Waals surface area contributed by atoms with Crippen molar-refractivity contribution in [3.05, 3.63) is 146 Å². The summed E-state index contributed by atoms with van der Waals surface area (Å²) in [5, 5.41) is 12.2. The Bertz CT molecular complexity index is 1100. The van der Waals surface area contributed by atoms with E-state index in [4.69, 9.17) is 0 Å². The topological polar surface area (TPSA) is 53.5 Å². The molecule has 0 aliphatic carbocycles. The fourth-order valence-electron chi connectivity index (χ4n) is 2.81. The Morgan fingerprint density at radius 1 is 0.441 bits per heavy atom. The molecular formula is C27H21IrN6-3. The molecule has 6 nitrogen and oxygen atoms in total. The summed E-state index contributed by atoms with van der Waals surface area (Å²) in [4.78, 5) is 0. The maximum atomic E-state index is 4.07. The summed E-state index contributed by atoms with van der Waals surface area (Å²) < 4.78 is 5.33. The van der Waals surface area contributed by atoms with Crippen molar-refractivity contribution in [2.75, 3.05) is 0 Å². The predicted molar refractivity (Wildman–Crippen MR) is 127 cm³/mol. The van der Waals surface area contributed by atoms with Gasteiger partial charge in [-0.15, -0.1) is 18.2 Å². The molecule has 6 aromatic rings. The molecule has 0 fully saturated rings. The van der Waals surface area contributed by atoms with Crippen molar-refractivity contribution in [1.82, 2.24) is 29.3 Å². The van der Waals surface area contributed by atoms with Gasteiger partial charge in [-0.2, -0.15) is 88.1 Å². The largest absolute Gasteiger partial charge is 0.266 e. The maximum Gasteiger partial charge on any atom is 0.0493 e. The smallest absolute Gasteiger partial charge is 0.0493 e. The second kappa shape index (κ2) is 13.5. The van der Waals surface area contributed by atoms with Crippen LogP contribution in [0.4, 0.5) is 0 Å². The molecule has 171 valence electrons. The third-order valence-electron chi connectivity index (χ3n) is 4.33. The molecule has 0 atom stereocenters. The summed E-state index contributed by atoms with van der Waals surface area (Å²) in [6.07, 6.45) is 10.9. The van der Waals surface area contributed by atoms with Gasteiger partial charge in [0.15, 0.2) is 0 Å². The Morgan fingerprint density at radius 2 is 0.765 bits per heavy atom. The molecule has 7 heteroatoms. The second-order valence-electron chi connectivity index (χ2n) is 6.60. The van der Waals surface area contributed by atoms with Crippen molar-refractivity contribution in [2.45, 2.75) is 0 Å². The van der Waals surface area contributed by atoms with Crippen LogP contribution in [0.1, 0.15) is 0 Å². The van der Waals surface area contributed by atoms with Crippen LogP contribution in [0.15, 0.2) is 128 Å². The van der Waals surface area contributed by atoms with E-state index < -0.39 is 0 Å². The van der Waals surface area contributed by atoms with Crippen LogP contribution in [-0.2, 0) is 20.1 Å². The van der Waals surface area contributed by atoms with Crippen LogP contribution in [0.3, 0.4) is 0 Å². The minimum atomic E-state index is 0. The first-order valence-corrected chi connectivity index (χ1v) is 10.3. The maximum absolute atomic E-state index is 4.07. The SMILES string of the molecule is [Ir].[c-]1ccccc1-n1cccn1.[c-]1ccccc1-n1cccn1.[c-]1ccccc1-n1cccn1. The number of nitrogens with zero attached hydrogens (tertiary/aromatic N) is 6. The van der Waals surface area contributed by atoms with E-state index >= 15 is 0 Å². The number of hydrogen-bond donors (Lipinski definition) is 0. The fraction of sp³-hybridized carbons (Fsp3) is 0. The summed E-state index contributed by atoms with van der Waals surface area (Å²) in [6, 6.07) is 38.1. The van der Waals surface area contributed by atoms with Gasteiger partial charge in [-0.3, -0.25) is 14.0 Å². The van der Waals surface area contributed by atoms with E-state index in [0.29, 0.717) is 0 Å². The van der Waals surface area contributed by atoms with Crippen molar-refractivity contribution in [3.63, 3.8) is 0 Å². The Hall–Kier alpha value is -4.06. The molecule has 3 aromatic carbocycles. The summed E-state index contributed by atoms with van der Waals surface area (Å²) in [5.74, 6) is 0. The number of rotatable bonds is 3. The van der Waals surface area contributed by atoms with Gasteiger partial charge in [0, 0.05) is 57.3 Å². The fourth-order valence-corrected chi connectivity index (χ4v) is 2.81. The second-order valence-corrected chi connectivity index (χ2v) is 6.60. The average Bonchev–Trinajstić information content (AvgIpc) is 3.70. The first kappa shape index (κ1) is 24.6. The molecule has 1 radical (unpaired) electrons. The van der Waals surface area contributed by atoms with Crippen LogP contribution in [0.25, 0.3) is 17.1 Å². The van der Waals surface area contributed by atoms with E-state index in [1.165, 1.54) is 0 Å². The van der Waals surface area contributed by atoms with Crippen molar-refractivity contribution in [3.8, 4) is 17.1 Å². The van der Waals surface area contributed by atoms with E-state index in [1.54, 1.807) is 32.6 Å². The van der Waals surface area contributed by atoms with Gasteiger partial charge in [0.25, 0.3) is 0 Å². The molecule has 0 unspecified atom stereocenters. The monoisotopic (exact) mass is 622 g/mol. The Balaban J connectivity index is 0.000000141. The molecule has 34 heavy (non-hydrogen) atoms. The summed E-state index contributed by atoms with van der Waals surface area (Å²) in [6.45, 7) is 0. The normalized spacial score (nSPS) is 9.53. The van der Waals surface area contributed by atoms with Gasteiger partial charge in [-0.1, -0.05) is 0 Å². The van der Waals surface area contributed by atoms with Crippen LogP contribution in [0.5, 0.6) is 0 Å². The van der Waals surface area contributed by atoms with Crippen molar-refractivity contribution >= 4 is 0 Å². The molecule has 3 heterocycles. The summed E-state index contributed by atoms with van der Waals surface area (Å²) in [5.41, 5.74) is 2.91. The van der Waals surface area contributed by atoms with Crippen LogP contribution < -0.4 is 0 Å². The molecule has 3 aromatic heterocycles. The number of aromatic nitrogens is 6. The van der Waals surface area contributed by atoms with Crippen LogP contribution in [-0.4, -0.2) is 29.3 Å².